The molecule has 0 aromatic heterocycles. The van der Waals surface area contributed by atoms with E-state index in [-0.39, 0.29) is 13.2 Å². The molecule has 0 aromatic rings. The first kappa shape index (κ1) is 9.84. The first-order valence-corrected chi connectivity index (χ1v) is 3.55. The minimum absolute atomic E-state index is 0.125. The monoisotopic (exact) mass is 148 g/mol. The summed E-state index contributed by atoms with van der Waals surface area (Å²) in [5.74, 6) is 0. The van der Waals surface area contributed by atoms with Gasteiger partial charge in [-0.3, -0.25) is 0 Å². The number of aliphatic hydroxyl groups is 2. The van der Waals surface area contributed by atoms with Crippen LogP contribution >= 0.6 is 0 Å². The summed E-state index contributed by atoms with van der Waals surface area (Å²) >= 11 is 0. The Morgan fingerprint density at radius 1 is 0.800 bits per heavy atom. The molecule has 1 aliphatic rings. The van der Waals surface area contributed by atoms with Gasteiger partial charge in [-0.15, -0.1) is 0 Å². The second kappa shape index (κ2) is 8.84. The Morgan fingerprint density at radius 2 is 1.10 bits per heavy atom. The van der Waals surface area contributed by atoms with E-state index in [4.69, 9.17) is 10.2 Å². The van der Waals surface area contributed by atoms with Gasteiger partial charge in [0.05, 0.1) is 13.2 Å². The molecule has 0 saturated carbocycles. The lowest BCUT2D eigenvalue weighted by Crippen LogP contribution is -2.39. The first-order valence-electron chi connectivity index (χ1n) is 3.55. The van der Waals surface area contributed by atoms with Gasteiger partial charge < -0.3 is 20.8 Å². The molecule has 1 saturated heterocycles. The Morgan fingerprint density at radius 3 is 1.20 bits per heavy atom. The van der Waals surface area contributed by atoms with E-state index in [2.05, 4.69) is 10.6 Å². The molecule has 4 heteroatoms. The van der Waals surface area contributed by atoms with Crippen molar-refractivity contribution in [3.63, 3.8) is 0 Å². The predicted octanol–water partition coefficient (Wildman–Crippen LogP) is -1.85. The molecule has 0 atom stereocenters. The molecular weight excluding hydrogens is 132 g/mol. The number of nitrogens with one attached hydrogen (secondary N) is 2. The summed E-state index contributed by atoms with van der Waals surface area (Å²) in [5.41, 5.74) is 0. The number of hydrogen-bond donors (Lipinski definition) is 4. The molecule has 10 heavy (non-hydrogen) atoms. The van der Waals surface area contributed by atoms with Crippen molar-refractivity contribution >= 4 is 0 Å². The van der Waals surface area contributed by atoms with Crippen molar-refractivity contribution in [2.45, 2.75) is 0 Å². The van der Waals surface area contributed by atoms with Gasteiger partial charge >= 0.3 is 0 Å². The highest BCUT2D eigenvalue weighted by molar-refractivity contribution is 4.59. The van der Waals surface area contributed by atoms with Crippen molar-refractivity contribution in [1.82, 2.24) is 10.6 Å². The molecule has 0 unspecified atom stereocenters. The summed E-state index contributed by atoms with van der Waals surface area (Å²) in [5, 5.41) is 21.7. The molecule has 1 aliphatic heterocycles. The Hall–Kier alpha value is -0.160. The number of hydrogen-bond acceptors (Lipinski definition) is 4. The summed E-state index contributed by atoms with van der Waals surface area (Å²) < 4.78 is 0. The molecule has 0 amide bonds. The summed E-state index contributed by atoms with van der Waals surface area (Å²) in [6, 6.07) is 0. The fourth-order valence-corrected chi connectivity index (χ4v) is 0.604. The standard InChI is InChI=1S/C4H10N2.C2H6O2/c1-2-6-4-3-5-1;3-1-2-4/h5-6H,1-4H2;3-4H,1-2H2. The fourth-order valence-electron chi connectivity index (χ4n) is 0.604. The van der Waals surface area contributed by atoms with E-state index in [1.807, 2.05) is 0 Å². The highest BCUT2D eigenvalue weighted by Gasteiger charge is 1.91. The SMILES string of the molecule is C1CNCCN1.OCCO. The van der Waals surface area contributed by atoms with Crippen molar-refractivity contribution < 1.29 is 10.2 Å². The van der Waals surface area contributed by atoms with Crippen LogP contribution < -0.4 is 10.6 Å². The van der Waals surface area contributed by atoms with Crippen molar-refractivity contribution in [1.29, 1.82) is 0 Å². The second-order valence-corrected chi connectivity index (χ2v) is 1.95. The largest absolute Gasteiger partial charge is 0.394 e. The lowest BCUT2D eigenvalue weighted by atomic mass is 10.4. The third-order valence-electron chi connectivity index (χ3n) is 1.06. The van der Waals surface area contributed by atoms with E-state index < -0.39 is 0 Å². The number of rotatable bonds is 1. The smallest absolute Gasteiger partial charge is 0.0662 e. The zero-order chi connectivity index (χ0) is 7.66. The van der Waals surface area contributed by atoms with Gasteiger partial charge in [-0.2, -0.15) is 0 Å². The maximum Gasteiger partial charge on any atom is 0.0662 e. The highest BCUT2D eigenvalue weighted by Crippen LogP contribution is 1.65. The second-order valence-electron chi connectivity index (χ2n) is 1.95. The van der Waals surface area contributed by atoms with Gasteiger partial charge in [0.15, 0.2) is 0 Å². The Labute approximate surface area is 61.3 Å². The van der Waals surface area contributed by atoms with Crippen molar-refractivity contribution in [3.05, 3.63) is 0 Å². The molecule has 0 bridgehead atoms. The first-order chi connectivity index (χ1) is 4.91. The van der Waals surface area contributed by atoms with E-state index in [9.17, 15) is 0 Å². The third-order valence-corrected chi connectivity index (χ3v) is 1.06. The maximum absolute atomic E-state index is 7.62. The van der Waals surface area contributed by atoms with Gasteiger partial charge in [0.1, 0.15) is 0 Å². The number of piperazine rings is 1. The van der Waals surface area contributed by atoms with Gasteiger partial charge in [0.2, 0.25) is 0 Å². The van der Waals surface area contributed by atoms with E-state index in [1.54, 1.807) is 0 Å². The van der Waals surface area contributed by atoms with Gasteiger partial charge in [-0.25, -0.2) is 0 Å². The normalized spacial score (nSPS) is 17.4. The zero-order valence-corrected chi connectivity index (χ0v) is 6.14. The average molecular weight is 148 g/mol. The summed E-state index contributed by atoms with van der Waals surface area (Å²) in [6.45, 7) is 4.31. The summed E-state index contributed by atoms with van der Waals surface area (Å²) in [7, 11) is 0. The molecule has 1 fully saturated rings. The highest BCUT2D eigenvalue weighted by atomic mass is 16.3. The van der Waals surface area contributed by atoms with Gasteiger partial charge in [-0.1, -0.05) is 0 Å². The quantitative estimate of drug-likeness (QED) is 0.352. The minimum atomic E-state index is -0.125. The summed E-state index contributed by atoms with van der Waals surface area (Å²) in [4.78, 5) is 0. The average Bonchev–Trinajstić information content (AvgIpc) is 2.08. The molecular formula is C6H16N2O2. The van der Waals surface area contributed by atoms with Crippen LogP contribution in [0.3, 0.4) is 0 Å². The zero-order valence-electron chi connectivity index (χ0n) is 6.14. The number of aliphatic hydroxyl groups excluding tert-OH is 2. The van der Waals surface area contributed by atoms with Gasteiger partial charge in [0, 0.05) is 26.2 Å². The van der Waals surface area contributed by atoms with Crippen LogP contribution in [0, 0.1) is 0 Å². The lowest BCUT2D eigenvalue weighted by molar-refractivity contribution is 0.186. The van der Waals surface area contributed by atoms with E-state index >= 15 is 0 Å². The molecule has 1 heterocycles. The minimum Gasteiger partial charge on any atom is -0.394 e. The van der Waals surface area contributed by atoms with Crippen LogP contribution in [0.4, 0.5) is 0 Å². The van der Waals surface area contributed by atoms with Crippen molar-refractivity contribution in [2.75, 3.05) is 39.4 Å². The van der Waals surface area contributed by atoms with E-state index in [1.165, 1.54) is 0 Å². The molecule has 1 rings (SSSR count). The predicted molar refractivity (Wildman–Crippen MR) is 39.9 cm³/mol. The third kappa shape index (κ3) is 7.84. The van der Waals surface area contributed by atoms with Crippen molar-refractivity contribution in [3.8, 4) is 0 Å². The molecule has 0 radical (unpaired) electrons. The Kier molecular flexibility index (Phi) is 8.70. The molecule has 4 nitrogen and oxygen atoms in total. The molecule has 0 aromatic carbocycles. The molecule has 0 aliphatic carbocycles. The maximum atomic E-state index is 7.62. The molecule has 62 valence electrons. The van der Waals surface area contributed by atoms with Gasteiger partial charge in [0.25, 0.3) is 0 Å². The molecule has 4 N–H and O–H groups in total. The van der Waals surface area contributed by atoms with Crippen LogP contribution in [0.2, 0.25) is 0 Å². The van der Waals surface area contributed by atoms with E-state index in [0.717, 1.165) is 26.2 Å². The fraction of sp³-hybridized carbons (Fsp3) is 1.00. The Balaban J connectivity index is 0.000000180. The molecule has 0 spiro atoms. The van der Waals surface area contributed by atoms with E-state index in [0.29, 0.717) is 0 Å². The Bertz CT molecular complexity index is 44.2. The van der Waals surface area contributed by atoms with Gasteiger partial charge in [-0.05, 0) is 0 Å². The van der Waals surface area contributed by atoms with Crippen LogP contribution in [0.5, 0.6) is 0 Å². The topological polar surface area (TPSA) is 64.5 Å². The summed E-state index contributed by atoms with van der Waals surface area (Å²) in [6.07, 6.45) is 0. The van der Waals surface area contributed by atoms with Crippen LogP contribution in [-0.4, -0.2) is 49.6 Å². The van der Waals surface area contributed by atoms with Crippen LogP contribution in [0.25, 0.3) is 0 Å². The van der Waals surface area contributed by atoms with Crippen LogP contribution in [-0.2, 0) is 0 Å². The van der Waals surface area contributed by atoms with Crippen molar-refractivity contribution in [2.24, 2.45) is 0 Å². The van der Waals surface area contributed by atoms with Crippen LogP contribution in [0.15, 0.2) is 0 Å². The lowest BCUT2D eigenvalue weighted by Gasteiger charge is -2.11. The van der Waals surface area contributed by atoms with Crippen LogP contribution in [0.1, 0.15) is 0 Å².